The van der Waals surface area contributed by atoms with Crippen LogP contribution in [-0.4, -0.2) is 13.1 Å². The van der Waals surface area contributed by atoms with Gasteiger partial charge in [0.2, 0.25) is 0 Å². The highest BCUT2D eigenvalue weighted by molar-refractivity contribution is 9.10. The van der Waals surface area contributed by atoms with Crippen LogP contribution in [-0.2, 0) is 0 Å². The molecule has 2 unspecified atom stereocenters. The van der Waals surface area contributed by atoms with Crippen LogP contribution in [0.2, 0.25) is 10.0 Å². The zero-order valence-corrected chi connectivity index (χ0v) is 14.5. The summed E-state index contributed by atoms with van der Waals surface area (Å²) in [6, 6.07) is 14.5. The van der Waals surface area contributed by atoms with Gasteiger partial charge in [-0.2, -0.15) is 0 Å². The molecule has 0 radical (unpaired) electrons. The fourth-order valence-corrected chi connectivity index (χ4v) is 3.72. The second-order valence-electron chi connectivity index (χ2n) is 5.43. The lowest BCUT2D eigenvalue weighted by Crippen LogP contribution is -2.34. The van der Waals surface area contributed by atoms with E-state index >= 15 is 0 Å². The normalized spacial score (nSPS) is 22.2. The van der Waals surface area contributed by atoms with E-state index in [9.17, 15) is 0 Å². The third-order valence-electron chi connectivity index (χ3n) is 4.13. The van der Waals surface area contributed by atoms with Gasteiger partial charge in [-0.1, -0.05) is 41.4 Å². The van der Waals surface area contributed by atoms with Crippen LogP contribution in [0.25, 0.3) is 0 Å². The first kappa shape index (κ1) is 15.4. The summed E-state index contributed by atoms with van der Waals surface area (Å²) in [6.45, 7) is 2.01. The Morgan fingerprint density at radius 3 is 2.57 bits per heavy atom. The number of rotatable bonds is 2. The Hall–Kier alpha value is -0.540. The lowest BCUT2D eigenvalue weighted by molar-refractivity contribution is 0.404. The van der Waals surface area contributed by atoms with Gasteiger partial charge in [0.15, 0.2) is 0 Å². The largest absolute Gasteiger partial charge is 0.316 e. The van der Waals surface area contributed by atoms with Gasteiger partial charge >= 0.3 is 0 Å². The SMILES string of the molecule is Clc1cccc(C2CNCCC2c2ccc(Br)c(Cl)c2)c1. The molecule has 0 aromatic heterocycles. The van der Waals surface area contributed by atoms with Crippen molar-refractivity contribution in [1.82, 2.24) is 5.32 Å². The fraction of sp³-hybridized carbons (Fsp3) is 0.294. The zero-order chi connectivity index (χ0) is 14.8. The van der Waals surface area contributed by atoms with Gasteiger partial charge in [-0.15, -0.1) is 0 Å². The topological polar surface area (TPSA) is 12.0 Å². The van der Waals surface area contributed by atoms with Crippen LogP contribution in [0.15, 0.2) is 46.9 Å². The molecule has 0 saturated carbocycles. The van der Waals surface area contributed by atoms with E-state index in [0.29, 0.717) is 11.8 Å². The third kappa shape index (κ3) is 3.45. The molecule has 1 aliphatic heterocycles. The molecular formula is C17H16BrCl2N. The smallest absolute Gasteiger partial charge is 0.0550 e. The summed E-state index contributed by atoms with van der Waals surface area (Å²) in [6.07, 6.45) is 1.11. The van der Waals surface area contributed by atoms with E-state index in [1.807, 2.05) is 18.2 Å². The molecule has 1 N–H and O–H groups in total. The molecule has 1 heterocycles. The Labute approximate surface area is 143 Å². The lowest BCUT2D eigenvalue weighted by Gasteiger charge is -2.33. The summed E-state index contributed by atoms with van der Waals surface area (Å²) in [5, 5.41) is 5.06. The Morgan fingerprint density at radius 2 is 1.81 bits per heavy atom. The van der Waals surface area contributed by atoms with Crippen molar-refractivity contribution in [2.75, 3.05) is 13.1 Å². The number of hydrogen-bond acceptors (Lipinski definition) is 1. The van der Waals surface area contributed by atoms with Crippen LogP contribution in [0.4, 0.5) is 0 Å². The highest BCUT2D eigenvalue weighted by Crippen LogP contribution is 2.39. The van der Waals surface area contributed by atoms with Gasteiger partial charge in [0, 0.05) is 22.0 Å². The van der Waals surface area contributed by atoms with Crippen molar-refractivity contribution >= 4 is 39.1 Å². The molecule has 110 valence electrons. The van der Waals surface area contributed by atoms with E-state index in [0.717, 1.165) is 34.0 Å². The average Bonchev–Trinajstić information content (AvgIpc) is 2.50. The number of hydrogen-bond donors (Lipinski definition) is 1. The van der Waals surface area contributed by atoms with Gasteiger partial charge in [0.05, 0.1) is 5.02 Å². The maximum absolute atomic E-state index is 6.27. The Kier molecular flexibility index (Phi) is 4.90. The van der Waals surface area contributed by atoms with Crippen LogP contribution < -0.4 is 5.32 Å². The lowest BCUT2D eigenvalue weighted by atomic mass is 9.77. The molecular weight excluding hydrogens is 369 g/mol. The molecule has 0 spiro atoms. The standard InChI is InChI=1S/C17H16BrCl2N/c18-16-5-4-12(9-17(16)20)14-6-7-21-10-15(14)11-2-1-3-13(19)8-11/h1-5,8-9,14-15,21H,6-7,10H2. The minimum Gasteiger partial charge on any atom is -0.316 e. The summed E-state index contributed by atoms with van der Waals surface area (Å²) in [7, 11) is 0. The summed E-state index contributed by atoms with van der Waals surface area (Å²) in [4.78, 5) is 0. The van der Waals surface area contributed by atoms with Crippen molar-refractivity contribution in [3.63, 3.8) is 0 Å². The van der Waals surface area contributed by atoms with Gasteiger partial charge in [0.1, 0.15) is 0 Å². The van der Waals surface area contributed by atoms with Crippen LogP contribution in [0.3, 0.4) is 0 Å². The minimum atomic E-state index is 0.426. The molecule has 1 fully saturated rings. The third-order valence-corrected chi connectivity index (χ3v) is 5.60. The number of nitrogens with one attached hydrogen (secondary N) is 1. The van der Waals surface area contributed by atoms with Gasteiger partial charge in [0.25, 0.3) is 0 Å². The second kappa shape index (κ2) is 6.70. The van der Waals surface area contributed by atoms with E-state index < -0.39 is 0 Å². The van der Waals surface area contributed by atoms with Crippen LogP contribution >= 0.6 is 39.1 Å². The van der Waals surface area contributed by atoms with E-state index in [1.54, 1.807) is 0 Å². The maximum atomic E-state index is 6.27. The van der Waals surface area contributed by atoms with E-state index in [2.05, 4.69) is 45.5 Å². The molecule has 0 bridgehead atoms. The average molecular weight is 385 g/mol. The van der Waals surface area contributed by atoms with Crippen molar-refractivity contribution in [1.29, 1.82) is 0 Å². The monoisotopic (exact) mass is 383 g/mol. The van der Waals surface area contributed by atoms with Gasteiger partial charge in [-0.05, 0) is 70.2 Å². The quantitative estimate of drug-likeness (QED) is 0.708. The molecule has 1 aliphatic rings. The number of halogens is 3. The summed E-state index contributed by atoms with van der Waals surface area (Å²) in [5.41, 5.74) is 2.59. The van der Waals surface area contributed by atoms with Gasteiger partial charge < -0.3 is 5.32 Å². The molecule has 21 heavy (non-hydrogen) atoms. The van der Waals surface area contributed by atoms with Crippen LogP contribution in [0, 0.1) is 0 Å². The number of piperidine rings is 1. The molecule has 1 nitrogen and oxygen atoms in total. The number of benzene rings is 2. The first-order valence-corrected chi connectivity index (χ1v) is 8.61. The molecule has 1 saturated heterocycles. The fourth-order valence-electron chi connectivity index (χ4n) is 3.09. The van der Waals surface area contributed by atoms with Crippen molar-refractivity contribution < 1.29 is 0 Å². The van der Waals surface area contributed by atoms with E-state index in [-0.39, 0.29) is 0 Å². The highest BCUT2D eigenvalue weighted by Gasteiger charge is 2.28. The molecule has 4 heteroatoms. The first-order valence-electron chi connectivity index (χ1n) is 7.06. The Balaban J connectivity index is 1.96. The second-order valence-corrected chi connectivity index (χ2v) is 7.13. The van der Waals surface area contributed by atoms with Crippen molar-refractivity contribution in [3.05, 3.63) is 68.1 Å². The predicted molar refractivity (Wildman–Crippen MR) is 93.6 cm³/mol. The van der Waals surface area contributed by atoms with Crippen LogP contribution in [0.1, 0.15) is 29.4 Å². The van der Waals surface area contributed by atoms with Crippen molar-refractivity contribution in [3.8, 4) is 0 Å². The van der Waals surface area contributed by atoms with Crippen molar-refractivity contribution in [2.24, 2.45) is 0 Å². The predicted octanol–water partition coefficient (Wildman–Crippen LogP) is 5.62. The van der Waals surface area contributed by atoms with Gasteiger partial charge in [-0.3, -0.25) is 0 Å². The van der Waals surface area contributed by atoms with Crippen molar-refractivity contribution in [2.45, 2.75) is 18.3 Å². The van der Waals surface area contributed by atoms with Crippen LogP contribution in [0.5, 0.6) is 0 Å². The zero-order valence-electron chi connectivity index (χ0n) is 11.5. The summed E-state index contributed by atoms with van der Waals surface area (Å²) >= 11 is 15.9. The summed E-state index contributed by atoms with van der Waals surface area (Å²) < 4.78 is 0.946. The van der Waals surface area contributed by atoms with E-state index in [1.165, 1.54) is 11.1 Å². The molecule has 0 amide bonds. The Morgan fingerprint density at radius 1 is 1.00 bits per heavy atom. The Bertz CT molecular complexity index is 644. The molecule has 0 aliphatic carbocycles. The van der Waals surface area contributed by atoms with E-state index in [4.69, 9.17) is 23.2 Å². The molecule has 2 aromatic carbocycles. The molecule has 2 atom stereocenters. The highest BCUT2D eigenvalue weighted by atomic mass is 79.9. The van der Waals surface area contributed by atoms with Gasteiger partial charge in [-0.25, -0.2) is 0 Å². The molecule has 2 aromatic rings. The minimum absolute atomic E-state index is 0.426. The maximum Gasteiger partial charge on any atom is 0.0550 e. The molecule has 3 rings (SSSR count). The first-order chi connectivity index (χ1) is 10.1. The summed E-state index contributed by atoms with van der Waals surface area (Å²) in [5.74, 6) is 0.894.